The van der Waals surface area contributed by atoms with E-state index >= 15 is 0 Å². The van der Waals surface area contributed by atoms with Gasteiger partial charge in [0, 0.05) is 17.7 Å². The number of nitrogens with zero attached hydrogens (tertiary/aromatic N) is 1. The normalized spacial score (nSPS) is 28.7. The van der Waals surface area contributed by atoms with Crippen LogP contribution < -0.4 is 5.32 Å². The summed E-state index contributed by atoms with van der Waals surface area (Å²) in [7, 11) is 0. The molecule has 0 aliphatic heterocycles. The Bertz CT molecular complexity index is 475. The zero-order chi connectivity index (χ0) is 13.2. The summed E-state index contributed by atoms with van der Waals surface area (Å²) in [5.41, 5.74) is 1.08. The minimum atomic E-state index is -0.285. The van der Waals surface area contributed by atoms with E-state index in [1.807, 2.05) is 12.1 Å². The van der Waals surface area contributed by atoms with E-state index in [4.69, 9.17) is 0 Å². The van der Waals surface area contributed by atoms with Gasteiger partial charge in [-0.05, 0) is 44.1 Å². The smallest absolute Gasteiger partial charge is 0.272 e. The Morgan fingerprint density at radius 1 is 1.26 bits per heavy atom. The fourth-order valence-electron chi connectivity index (χ4n) is 3.79. The van der Waals surface area contributed by atoms with E-state index in [0.29, 0.717) is 6.04 Å². The van der Waals surface area contributed by atoms with Gasteiger partial charge in [0.05, 0.1) is 4.92 Å². The second-order valence-corrected chi connectivity index (χ2v) is 5.87. The van der Waals surface area contributed by atoms with Crippen LogP contribution in [0.3, 0.4) is 0 Å². The molecule has 2 fully saturated rings. The first-order chi connectivity index (χ1) is 9.24. The van der Waals surface area contributed by atoms with E-state index in [1.54, 1.807) is 12.1 Å². The molecule has 4 nitrogen and oxygen atoms in total. The largest absolute Gasteiger partial charge is 0.313 e. The lowest BCUT2D eigenvalue weighted by molar-refractivity contribution is -0.385. The van der Waals surface area contributed by atoms with Crippen LogP contribution >= 0.6 is 0 Å². The summed E-state index contributed by atoms with van der Waals surface area (Å²) in [6, 6.07) is 7.71. The predicted molar refractivity (Wildman–Crippen MR) is 74.0 cm³/mol. The summed E-state index contributed by atoms with van der Waals surface area (Å²) in [5.74, 6) is 1.80. The van der Waals surface area contributed by atoms with Crippen molar-refractivity contribution in [3.63, 3.8) is 0 Å². The molecule has 2 saturated carbocycles. The van der Waals surface area contributed by atoms with Crippen molar-refractivity contribution in [1.29, 1.82) is 0 Å². The van der Waals surface area contributed by atoms with Crippen LogP contribution in [0.5, 0.6) is 0 Å². The van der Waals surface area contributed by atoms with Crippen molar-refractivity contribution in [2.75, 3.05) is 6.54 Å². The minimum absolute atomic E-state index is 0.247. The molecule has 0 spiro atoms. The van der Waals surface area contributed by atoms with Crippen molar-refractivity contribution < 1.29 is 4.92 Å². The number of hydrogen-bond acceptors (Lipinski definition) is 3. The topological polar surface area (TPSA) is 55.2 Å². The lowest BCUT2D eigenvalue weighted by Gasteiger charge is -2.22. The van der Waals surface area contributed by atoms with Gasteiger partial charge in [-0.3, -0.25) is 10.1 Å². The summed E-state index contributed by atoms with van der Waals surface area (Å²) in [6.07, 6.45) is 6.22. The van der Waals surface area contributed by atoms with Gasteiger partial charge in [0.25, 0.3) is 5.69 Å². The van der Waals surface area contributed by atoms with Gasteiger partial charge in [-0.25, -0.2) is 0 Å². The van der Waals surface area contributed by atoms with Crippen LogP contribution in [0, 0.1) is 22.0 Å². The number of para-hydroxylation sites is 1. The Hall–Kier alpha value is -1.42. The molecule has 4 heteroatoms. The monoisotopic (exact) mass is 260 g/mol. The number of nitro benzene ring substituents is 1. The second kappa shape index (κ2) is 5.29. The molecule has 19 heavy (non-hydrogen) atoms. The van der Waals surface area contributed by atoms with Gasteiger partial charge < -0.3 is 5.32 Å². The molecule has 102 valence electrons. The zero-order valence-corrected chi connectivity index (χ0v) is 11.0. The molecule has 0 saturated heterocycles. The summed E-state index contributed by atoms with van der Waals surface area (Å²) >= 11 is 0. The summed E-state index contributed by atoms with van der Waals surface area (Å²) in [5, 5.41) is 14.5. The van der Waals surface area contributed by atoms with Crippen LogP contribution in [-0.2, 0) is 6.42 Å². The van der Waals surface area contributed by atoms with Crippen LogP contribution in [-0.4, -0.2) is 17.5 Å². The zero-order valence-electron chi connectivity index (χ0n) is 11.0. The first-order valence-corrected chi connectivity index (χ1v) is 7.19. The number of nitro groups is 1. The Kier molecular flexibility index (Phi) is 3.51. The highest BCUT2D eigenvalue weighted by atomic mass is 16.6. The molecular weight excluding hydrogens is 240 g/mol. The third kappa shape index (κ3) is 2.63. The summed E-state index contributed by atoms with van der Waals surface area (Å²) in [4.78, 5) is 10.6. The molecule has 0 amide bonds. The molecule has 3 atom stereocenters. The van der Waals surface area contributed by atoms with Gasteiger partial charge in [0.1, 0.15) is 0 Å². The third-order valence-electron chi connectivity index (χ3n) is 4.73. The highest BCUT2D eigenvalue weighted by molar-refractivity contribution is 5.39. The molecule has 2 aliphatic rings. The predicted octanol–water partition coefficient (Wildman–Crippen LogP) is 2.92. The minimum Gasteiger partial charge on any atom is -0.313 e. The lowest BCUT2D eigenvalue weighted by atomic mass is 9.95. The highest BCUT2D eigenvalue weighted by Gasteiger charge is 2.38. The summed E-state index contributed by atoms with van der Waals surface area (Å²) < 4.78 is 0. The van der Waals surface area contributed by atoms with Crippen LogP contribution in [0.2, 0.25) is 0 Å². The Morgan fingerprint density at radius 2 is 2.11 bits per heavy atom. The van der Waals surface area contributed by atoms with Crippen molar-refractivity contribution in [2.45, 2.75) is 38.1 Å². The van der Waals surface area contributed by atoms with Crippen LogP contribution in [0.1, 0.15) is 31.2 Å². The van der Waals surface area contributed by atoms with Crippen LogP contribution in [0.25, 0.3) is 0 Å². The molecular formula is C15H20N2O2. The molecule has 1 aromatic carbocycles. The first kappa shape index (κ1) is 12.6. The van der Waals surface area contributed by atoms with Gasteiger partial charge >= 0.3 is 0 Å². The lowest BCUT2D eigenvalue weighted by Crippen LogP contribution is -2.35. The molecule has 3 rings (SSSR count). The van der Waals surface area contributed by atoms with Crippen LogP contribution in [0.4, 0.5) is 5.69 Å². The molecule has 0 heterocycles. The van der Waals surface area contributed by atoms with Crippen molar-refractivity contribution >= 4 is 5.69 Å². The maximum absolute atomic E-state index is 10.9. The molecule has 0 aromatic heterocycles. The highest BCUT2D eigenvalue weighted by Crippen LogP contribution is 2.44. The number of fused-ring (bicyclic) bond motifs is 2. The number of nitrogens with one attached hydrogen (secondary N) is 1. The van der Waals surface area contributed by atoms with Crippen molar-refractivity contribution in [3.8, 4) is 0 Å². The molecule has 0 radical (unpaired) electrons. The van der Waals surface area contributed by atoms with E-state index in [9.17, 15) is 10.1 Å². The van der Waals surface area contributed by atoms with Gasteiger partial charge in [-0.15, -0.1) is 0 Å². The van der Waals surface area contributed by atoms with Crippen molar-refractivity contribution in [1.82, 2.24) is 5.32 Å². The van der Waals surface area contributed by atoms with Gasteiger partial charge in [-0.2, -0.15) is 0 Å². The Labute approximate surface area is 113 Å². The third-order valence-corrected chi connectivity index (χ3v) is 4.73. The summed E-state index contributed by atoms with van der Waals surface area (Å²) in [6.45, 7) is 0.846. The van der Waals surface area contributed by atoms with E-state index in [-0.39, 0.29) is 10.6 Å². The number of hydrogen-bond donors (Lipinski definition) is 1. The van der Waals surface area contributed by atoms with Crippen LogP contribution in [0.15, 0.2) is 24.3 Å². The number of rotatable bonds is 5. The maximum Gasteiger partial charge on any atom is 0.272 e. The Morgan fingerprint density at radius 3 is 2.79 bits per heavy atom. The van der Waals surface area contributed by atoms with E-state index in [2.05, 4.69) is 5.32 Å². The molecule has 2 bridgehead atoms. The Balaban J connectivity index is 1.54. The average molecular weight is 260 g/mol. The molecule has 2 aliphatic carbocycles. The average Bonchev–Trinajstić information content (AvgIpc) is 3.01. The van der Waals surface area contributed by atoms with Gasteiger partial charge in [0.15, 0.2) is 0 Å². The van der Waals surface area contributed by atoms with Crippen molar-refractivity contribution in [2.24, 2.45) is 11.8 Å². The first-order valence-electron chi connectivity index (χ1n) is 7.19. The molecule has 1 aromatic rings. The van der Waals surface area contributed by atoms with E-state index < -0.39 is 0 Å². The second-order valence-electron chi connectivity index (χ2n) is 5.87. The maximum atomic E-state index is 10.9. The van der Waals surface area contributed by atoms with Gasteiger partial charge in [-0.1, -0.05) is 24.6 Å². The van der Waals surface area contributed by atoms with Gasteiger partial charge in [0.2, 0.25) is 0 Å². The van der Waals surface area contributed by atoms with E-state index in [0.717, 1.165) is 30.4 Å². The standard InChI is InChI=1S/C15H20N2O2/c18-17(19)15-4-2-1-3-12(15)7-8-16-14-10-11-5-6-13(14)9-11/h1-4,11,13-14,16H,5-10H2. The quantitative estimate of drug-likeness (QED) is 0.654. The van der Waals surface area contributed by atoms with Crippen molar-refractivity contribution in [3.05, 3.63) is 39.9 Å². The molecule has 3 unspecified atom stereocenters. The number of benzene rings is 1. The van der Waals surface area contributed by atoms with E-state index in [1.165, 1.54) is 25.7 Å². The SMILES string of the molecule is O=[N+]([O-])c1ccccc1CCNC1CC2CCC1C2. The molecule has 1 N–H and O–H groups in total. The fraction of sp³-hybridized carbons (Fsp3) is 0.600. The fourth-order valence-corrected chi connectivity index (χ4v) is 3.79.